The largest absolute Gasteiger partial charge is 0.343 e. The van der Waals surface area contributed by atoms with Crippen molar-refractivity contribution in [3.8, 4) is 0 Å². The highest BCUT2D eigenvalue weighted by Crippen LogP contribution is 2.16. The van der Waals surface area contributed by atoms with Gasteiger partial charge in [-0.25, -0.2) is 0 Å². The highest BCUT2D eigenvalue weighted by atomic mass is 16.2. The molecule has 1 aliphatic heterocycles. The Kier molecular flexibility index (Phi) is 5.69. The van der Waals surface area contributed by atoms with Crippen molar-refractivity contribution in [3.63, 3.8) is 0 Å². The van der Waals surface area contributed by atoms with Crippen LogP contribution < -0.4 is 10.6 Å². The standard InChI is InChI=1S/C18H21N3O4/c1-4-15(22)19-13-7-5-12(6-8-13)9-16(23)20-14-10-17(24)21(11(2)3)18(14)25/h4-8,11,14H,1,9-10H2,2-3H3,(H,19,22)(H,20,23). The van der Waals surface area contributed by atoms with Crippen molar-refractivity contribution in [2.24, 2.45) is 0 Å². The second-order valence-electron chi connectivity index (χ2n) is 6.09. The number of imide groups is 1. The Hall–Kier alpha value is -2.96. The van der Waals surface area contributed by atoms with Gasteiger partial charge in [-0.15, -0.1) is 0 Å². The van der Waals surface area contributed by atoms with E-state index in [0.29, 0.717) is 5.69 Å². The minimum Gasteiger partial charge on any atom is -0.343 e. The van der Waals surface area contributed by atoms with Gasteiger partial charge in [0.25, 0.3) is 5.91 Å². The van der Waals surface area contributed by atoms with Crippen molar-refractivity contribution >= 4 is 29.3 Å². The molecule has 7 heteroatoms. The van der Waals surface area contributed by atoms with E-state index in [1.165, 1.54) is 11.0 Å². The van der Waals surface area contributed by atoms with Crippen LogP contribution in [-0.2, 0) is 25.6 Å². The fraction of sp³-hybridized carbons (Fsp3) is 0.333. The van der Waals surface area contributed by atoms with Crippen molar-refractivity contribution in [3.05, 3.63) is 42.5 Å². The number of rotatable bonds is 6. The smallest absolute Gasteiger partial charge is 0.252 e. The molecule has 1 heterocycles. The lowest BCUT2D eigenvalue weighted by Gasteiger charge is -2.19. The summed E-state index contributed by atoms with van der Waals surface area (Å²) < 4.78 is 0. The summed E-state index contributed by atoms with van der Waals surface area (Å²) in [5.74, 6) is -1.28. The van der Waals surface area contributed by atoms with Gasteiger partial charge in [0, 0.05) is 11.7 Å². The van der Waals surface area contributed by atoms with Crippen molar-refractivity contribution in [2.45, 2.75) is 38.8 Å². The van der Waals surface area contributed by atoms with Gasteiger partial charge in [0.05, 0.1) is 12.8 Å². The van der Waals surface area contributed by atoms with E-state index < -0.39 is 6.04 Å². The predicted molar refractivity (Wildman–Crippen MR) is 92.5 cm³/mol. The maximum Gasteiger partial charge on any atom is 0.252 e. The van der Waals surface area contributed by atoms with Gasteiger partial charge >= 0.3 is 0 Å². The molecule has 0 spiro atoms. The highest BCUT2D eigenvalue weighted by molar-refractivity contribution is 6.07. The average molecular weight is 343 g/mol. The molecule has 1 aromatic carbocycles. The lowest BCUT2D eigenvalue weighted by Crippen LogP contribution is -2.44. The molecule has 132 valence electrons. The predicted octanol–water partition coefficient (Wildman–Crippen LogP) is 1.01. The van der Waals surface area contributed by atoms with Gasteiger partial charge in [-0.1, -0.05) is 18.7 Å². The van der Waals surface area contributed by atoms with Crippen LogP contribution in [-0.4, -0.2) is 40.6 Å². The molecule has 0 aliphatic carbocycles. The van der Waals surface area contributed by atoms with E-state index in [4.69, 9.17) is 0 Å². The summed E-state index contributed by atoms with van der Waals surface area (Å²) in [6.07, 6.45) is 1.24. The van der Waals surface area contributed by atoms with E-state index in [9.17, 15) is 19.2 Å². The number of nitrogens with zero attached hydrogens (tertiary/aromatic N) is 1. The van der Waals surface area contributed by atoms with E-state index in [1.807, 2.05) is 0 Å². The third kappa shape index (κ3) is 4.53. The second kappa shape index (κ2) is 7.74. The van der Waals surface area contributed by atoms with E-state index in [0.717, 1.165) is 5.56 Å². The monoisotopic (exact) mass is 343 g/mol. The molecule has 2 N–H and O–H groups in total. The Morgan fingerprint density at radius 3 is 2.44 bits per heavy atom. The van der Waals surface area contributed by atoms with Crippen LogP contribution >= 0.6 is 0 Å². The molecule has 1 atom stereocenters. The molecule has 4 amide bonds. The Bertz CT molecular complexity index is 710. The van der Waals surface area contributed by atoms with Gasteiger partial charge in [0.15, 0.2) is 0 Å². The lowest BCUT2D eigenvalue weighted by atomic mass is 10.1. The van der Waals surface area contributed by atoms with Gasteiger partial charge < -0.3 is 10.6 Å². The van der Waals surface area contributed by atoms with Crippen LogP contribution in [0, 0.1) is 0 Å². The molecule has 1 fully saturated rings. The number of benzene rings is 1. The second-order valence-corrected chi connectivity index (χ2v) is 6.09. The molecule has 7 nitrogen and oxygen atoms in total. The third-order valence-electron chi connectivity index (χ3n) is 3.81. The van der Waals surface area contributed by atoms with E-state index in [-0.39, 0.29) is 42.5 Å². The van der Waals surface area contributed by atoms with Crippen LogP contribution in [0.1, 0.15) is 25.8 Å². The number of likely N-dealkylation sites (tertiary alicyclic amines) is 1. The molecular weight excluding hydrogens is 322 g/mol. The number of hydrogen-bond acceptors (Lipinski definition) is 4. The Labute approximate surface area is 146 Å². The lowest BCUT2D eigenvalue weighted by molar-refractivity contribution is -0.141. The molecule has 2 rings (SSSR count). The molecule has 1 aliphatic rings. The number of nitrogens with one attached hydrogen (secondary N) is 2. The quantitative estimate of drug-likeness (QED) is 0.595. The van der Waals surface area contributed by atoms with Crippen LogP contribution in [0.3, 0.4) is 0 Å². The number of carbonyl (C=O) groups excluding carboxylic acids is 4. The topological polar surface area (TPSA) is 95.6 Å². The first-order valence-electron chi connectivity index (χ1n) is 7.99. The number of carbonyl (C=O) groups is 4. The van der Waals surface area contributed by atoms with Crippen LogP contribution in [0.4, 0.5) is 5.69 Å². The summed E-state index contributed by atoms with van der Waals surface area (Å²) in [6, 6.07) is 5.75. The summed E-state index contributed by atoms with van der Waals surface area (Å²) in [4.78, 5) is 48.5. The van der Waals surface area contributed by atoms with E-state index in [1.54, 1.807) is 38.1 Å². The number of amides is 4. The van der Waals surface area contributed by atoms with Crippen molar-refractivity contribution in [2.75, 3.05) is 5.32 Å². The van der Waals surface area contributed by atoms with Crippen LogP contribution in [0.25, 0.3) is 0 Å². The average Bonchev–Trinajstić information content (AvgIpc) is 2.82. The minimum atomic E-state index is -0.798. The summed E-state index contributed by atoms with van der Waals surface area (Å²) in [5, 5.41) is 5.23. The summed E-state index contributed by atoms with van der Waals surface area (Å²) in [6.45, 7) is 6.88. The summed E-state index contributed by atoms with van der Waals surface area (Å²) >= 11 is 0. The first kappa shape index (κ1) is 18.4. The van der Waals surface area contributed by atoms with Gasteiger partial charge in [-0.05, 0) is 37.6 Å². The fourth-order valence-electron chi connectivity index (χ4n) is 2.64. The third-order valence-corrected chi connectivity index (χ3v) is 3.81. The van der Waals surface area contributed by atoms with E-state index in [2.05, 4.69) is 17.2 Å². The molecule has 0 aromatic heterocycles. The summed E-state index contributed by atoms with van der Waals surface area (Å²) in [5.41, 5.74) is 1.32. The fourth-order valence-corrected chi connectivity index (χ4v) is 2.64. The van der Waals surface area contributed by atoms with Crippen molar-refractivity contribution < 1.29 is 19.2 Å². The van der Waals surface area contributed by atoms with Crippen LogP contribution in [0.5, 0.6) is 0 Å². The summed E-state index contributed by atoms with van der Waals surface area (Å²) in [7, 11) is 0. The van der Waals surface area contributed by atoms with Crippen LogP contribution in [0.15, 0.2) is 36.9 Å². The molecule has 0 saturated carbocycles. The molecule has 1 unspecified atom stereocenters. The molecule has 1 saturated heterocycles. The van der Waals surface area contributed by atoms with Crippen LogP contribution in [0.2, 0.25) is 0 Å². The van der Waals surface area contributed by atoms with Gasteiger partial charge in [0.1, 0.15) is 6.04 Å². The maximum atomic E-state index is 12.2. The van der Waals surface area contributed by atoms with Crippen molar-refractivity contribution in [1.29, 1.82) is 0 Å². The zero-order valence-corrected chi connectivity index (χ0v) is 14.2. The molecule has 1 aromatic rings. The van der Waals surface area contributed by atoms with E-state index >= 15 is 0 Å². The highest BCUT2D eigenvalue weighted by Gasteiger charge is 2.40. The maximum absolute atomic E-state index is 12.2. The minimum absolute atomic E-state index is 0.00469. The number of anilines is 1. The molecule has 0 radical (unpaired) electrons. The van der Waals surface area contributed by atoms with Gasteiger partial charge in [0.2, 0.25) is 17.7 Å². The Morgan fingerprint density at radius 1 is 1.28 bits per heavy atom. The first-order valence-corrected chi connectivity index (χ1v) is 7.99. The normalized spacial score (nSPS) is 16.9. The Morgan fingerprint density at radius 2 is 1.92 bits per heavy atom. The zero-order chi connectivity index (χ0) is 18.6. The molecule has 25 heavy (non-hydrogen) atoms. The van der Waals surface area contributed by atoms with Gasteiger partial charge in [-0.2, -0.15) is 0 Å². The molecular formula is C18H21N3O4. The number of hydrogen-bond donors (Lipinski definition) is 2. The Balaban J connectivity index is 1.92. The first-order chi connectivity index (χ1) is 11.8. The van der Waals surface area contributed by atoms with Crippen molar-refractivity contribution in [1.82, 2.24) is 10.2 Å². The molecule has 0 bridgehead atoms. The zero-order valence-electron chi connectivity index (χ0n) is 14.2. The van der Waals surface area contributed by atoms with Gasteiger partial charge in [-0.3, -0.25) is 24.1 Å². The SMILES string of the molecule is C=CC(=O)Nc1ccc(CC(=O)NC2CC(=O)N(C(C)C)C2=O)cc1.